The number of carbonyl (C=O) groups excluding carboxylic acids is 1. The number of nitrogens with zero attached hydrogens (tertiary/aromatic N) is 3. The first kappa shape index (κ1) is 16.7. The fourth-order valence-corrected chi connectivity index (χ4v) is 2.21. The summed E-state index contributed by atoms with van der Waals surface area (Å²) < 4.78 is 10.5. The number of rotatable bonds is 7. The summed E-state index contributed by atoms with van der Waals surface area (Å²) in [6.07, 6.45) is 0. The van der Waals surface area contributed by atoms with Gasteiger partial charge in [-0.05, 0) is 19.1 Å². The van der Waals surface area contributed by atoms with Gasteiger partial charge >= 0.3 is 0 Å². The quantitative estimate of drug-likeness (QED) is 0.586. The summed E-state index contributed by atoms with van der Waals surface area (Å²) in [6, 6.07) is 9.35. The molecule has 0 saturated heterocycles. The number of aromatic nitrogens is 4. The molecule has 3 rings (SSSR count). The number of benzene rings is 1. The number of H-pyrrole nitrogens is 1. The van der Waals surface area contributed by atoms with Gasteiger partial charge in [-0.15, -0.1) is 0 Å². The molecule has 0 atom stereocenters. The predicted molar refractivity (Wildman–Crippen MR) is 85.5 cm³/mol. The molecule has 25 heavy (non-hydrogen) atoms. The van der Waals surface area contributed by atoms with E-state index in [0.29, 0.717) is 17.4 Å². The second kappa shape index (κ2) is 7.58. The van der Waals surface area contributed by atoms with Crippen LogP contribution in [0.15, 0.2) is 34.9 Å². The fourth-order valence-electron chi connectivity index (χ4n) is 2.21. The molecule has 130 valence electrons. The minimum atomic E-state index is -0.408. The van der Waals surface area contributed by atoms with E-state index in [4.69, 9.17) is 9.26 Å². The van der Waals surface area contributed by atoms with Crippen LogP contribution in [0, 0.1) is 6.92 Å². The minimum Gasteiger partial charge on any atom is -0.486 e. The summed E-state index contributed by atoms with van der Waals surface area (Å²) in [7, 11) is 0. The Morgan fingerprint density at radius 3 is 2.92 bits per heavy atom. The lowest BCUT2D eigenvalue weighted by Crippen LogP contribution is -2.24. The van der Waals surface area contributed by atoms with Crippen LogP contribution in [0.1, 0.15) is 33.5 Å². The van der Waals surface area contributed by atoms with Gasteiger partial charge in [0, 0.05) is 0 Å². The summed E-state index contributed by atoms with van der Waals surface area (Å²) in [5.41, 5.74) is 0.424. The van der Waals surface area contributed by atoms with Crippen molar-refractivity contribution < 1.29 is 19.2 Å². The lowest BCUT2D eigenvalue weighted by atomic mass is 10.2. The Morgan fingerprint density at radius 1 is 1.36 bits per heavy atom. The molecule has 0 fully saturated rings. The number of para-hydroxylation sites is 1. The van der Waals surface area contributed by atoms with Gasteiger partial charge in [0.25, 0.3) is 5.91 Å². The van der Waals surface area contributed by atoms with Crippen molar-refractivity contribution in [3.63, 3.8) is 0 Å². The highest BCUT2D eigenvalue weighted by molar-refractivity contribution is 5.96. The van der Waals surface area contributed by atoms with Crippen LogP contribution in [-0.2, 0) is 19.8 Å². The molecule has 1 aromatic carbocycles. The van der Waals surface area contributed by atoms with Crippen molar-refractivity contribution in [2.45, 2.75) is 26.7 Å². The highest BCUT2D eigenvalue weighted by atomic mass is 16.5. The molecule has 9 nitrogen and oxygen atoms in total. The zero-order chi connectivity index (χ0) is 17.6. The monoisotopic (exact) mass is 343 g/mol. The predicted octanol–water partition coefficient (Wildman–Crippen LogP) is 1.10. The Bertz CT molecular complexity index is 843. The van der Waals surface area contributed by atoms with Crippen molar-refractivity contribution in [1.82, 2.24) is 25.7 Å². The average molecular weight is 343 g/mol. The number of aromatic amines is 1. The van der Waals surface area contributed by atoms with Gasteiger partial charge in [-0.1, -0.05) is 23.4 Å². The Hall–Kier alpha value is -3.20. The zero-order valence-electron chi connectivity index (χ0n) is 13.5. The number of aliphatic hydroxyl groups excluding tert-OH is 1. The lowest BCUT2D eigenvalue weighted by molar-refractivity contribution is 0.0945. The summed E-state index contributed by atoms with van der Waals surface area (Å²) in [6.45, 7) is 1.59. The molecule has 0 unspecified atom stereocenters. The molecule has 0 aliphatic rings. The van der Waals surface area contributed by atoms with Crippen molar-refractivity contribution in [3.05, 3.63) is 59.0 Å². The molecule has 0 aliphatic heterocycles. The number of hydrogen-bond acceptors (Lipinski definition) is 7. The SMILES string of the molecule is Cc1onc(CO)c1C(=O)NCc1n[nH]c(COc2ccccc2)n1. The van der Waals surface area contributed by atoms with Crippen LogP contribution in [0.3, 0.4) is 0 Å². The summed E-state index contributed by atoms with van der Waals surface area (Å²) in [4.78, 5) is 16.4. The van der Waals surface area contributed by atoms with E-state index in [0.717, 1.165) is 5.75 Å². The molecule has 0 aliphatic carbocycles. The zero-order valence-corrected chi connectivity index (χ0v) is 13.5. The normalized spacial score (nSPS) is 10.6. The van der Waals surface area contributed by atoms with Crippen molar-refractivity contribution in [2.24, 2.45) is 0 Å². The van der Waals surface area contributed by atoms with E-state index in [1.165, 1.54) is 0 Å². The van der Waals surface area contributed by atoms with Crippen LogP contribution < -0.4 is 10.1 Å². The van der Waals surface area contributed by atoms with Crippen LogP contribution in [0.5, 0.6) is 5.75 Å². The third kappa shape index (κ3) is 4.01. The maximum atomic E-state index is 12.2. The molecule has 0 radical (unpaired) electrons. The van der Waals surface area contributed by atoms with Gasteiger partial charge in [0.05, 0.1) is 13.2 Å². The molecule has 2 heterocycles. The van der Waals surface area contributed by atoms with E-state index in [1.807, 2.05) is 30.3 Å². The van der Waals surface area contributed by atoms with Crippen LogP contribution in [0.25, 0.3) is 0 Å². The standard InChI is InChI=1S/C16H17N5O4/c1-10-15(12(8-22)21-25-10)16(23)17-7-13-18-14(20-19-13)9-24-11-5-3-2-4-6-11/h2-6,22H,7-9H2,1H3,(H,17,23)(H,18,19,20). The minimum absolute atomic E-state index is 0.121. The third-order valence-corrected chi connectivity index (χ3v) is 3.41. The number of aryl methyl sites for hydroxylation is 1. The Kier molecular flexibility index (Phi) is 5.05. The van der Waals surface area contributed by atoms with Crippen LogP contribution in [-0.4, -0.2) is 31.4 Å². The Labute approximate surface area is 143 Å². The van der Waals surface area contributed by atoms with Crippen molar-refractivity contribution in [1.29, 1.82) is 0 Å². The van der Waals surface area contributed by atoms with E-state index < -0.39 is 5.91 Å². The highest BCUT2D eigenvalue weighted by Gasteiger charge is 2.19. The highest BCUT2D eigenvalue weighted by Crippen LogP contribution is 2.13. The molecular formula is C16H17N5O4. The molecule has 3 N–H and O–H groups in total. The first-order chi connectivity index (χ1) is 12.2. The summed E-state index contributed by atoms with van der Waals surface area (Å²) >= 11 is 0. The number of carbonyl (C=O) groups is 1. The third-order valence-electron chi connectivity index (χ3n) is 3.41. The van der Waals surface area contributed by atoms with Crippen molar-refractivity contribution in [2.75, 3.05) is 0 Å². The second-order valence-corrected chi connectivity index (χ2v) is 5.20. The molecule has 0 saturated carbocycles. The first-order valence-corrected chi connectivity index (χ1v) is 7.59. The van der Waals surface area contributed by atoms with Gasteiger partial charge in [0.1, 0.15) is 29.4 Å². The molecular weight excluding hydrogens is 326 g/mol. The number of hydrogen-bond donors (Lipinski definition) is 3. The number of aliphatic hydroxyl groups is 1. The molecule has 0 spiro atoms. The Balaban J connectivity index is 1.55. The summed E-state index contributed by atoms with van der Waals surface area (Å²) in [5.74, 6) is 1.63. The lowest BCUT2D eigenvalue weighted by Gasteiger charge is -2.03. The maximum Gasteiger partial charge on any atom is 0.257 e. The van der Waals surface area contributed by atoms with Gasteiger partial charge in [-0.2, -0.15) is 5.10 Å². The summed E-state index contributed by atoms with van der Waals surface area (Å²) in [5, 5.41) is 22.3. The van der Waals surface area contributed by atoms with Gasteiger partial charge in [0.2, 0.25) is 0 Å². The first-order valence-electron chi connectivity index (χ1n) is 7.59. The van der Waals surface area contributed by atoms with Gasteiger partial charge in [-0.25, -0.2) is 4.98 Å². The number of ether oxygens (including phenoxy) is 1. The van der Waals surface area contributed by atoms with E-state index >= 15 is 0 Å². The largest absolute Gasteiger partial charge is 0.486 e. The number of amides is 1. The van der Waals surface area contributed by atoms with Gasteiger partial charge in [0.15, 0.2) is 11.6 Å². The topological polar surface area (TPSA) is 126 Å². The van der Waals surface area contributed by atoms with Crippen LogP contribution in [0.2, 0.25) is 0 Å². The van der Waals surface area contributed by atoms with Crippen LogP contribution in [0.4, 0.5) is 0 Å². The van der Waals surface area contributed by atoms with E-state index in [1.54, 1.807) is 6.92 Å². The molecule has 3 aromatic rings. The molecule has 9 heteroatoms. The van der Waals surface area contributed by atoms with E-state index in [9.17, 15) is 9.90 Å². The smallest absolute Gasteiger partial charge is 0.257 e. The molecule has 1 amide bonds. The second-order valence-electron chi connectivity index (χ2n) is 5.20. The molecule has 0 bridgehead atoms. The Morgan fingerprint density at radius 2 is 2.16 bits per heavy atom. The maximum absolute atomic E-state index is 12.2. The van der Waals surface area contributed by atoms with Crippen molar-refractivity contribution >= 4 is 5.91 Å². The fraction of sp³-hybridized carbons (Fsp3) is 0.250. The molecule has 2 aromatic heterocycles. The van der Waals surface area contributed by atoms with Gasteiger partial charge in [-0.3, -0.25) is 9.89 Å². The van der Waals surface area contributed by atoms with Gasteiger partial charge < -0.3 is 19.7 Å². The number of nitrogens with one attached hydrogen (secondary N) is 2. The van der Waals surface area contributed by atoms with E-state index in [2.05, 4.69) is 25.7 Å². The van der Waals surface area contributed by atoms with E-state index in [-0.39, 0.29) is 31.0 Å². The van der Waals surface area contributed by atoms with Crippen molar-refractivity contribution in [3.8, 4) is 5.75 Å². The van der Waals surface area contributed by atoms with Crippen LogP contribution >= 0.6 is 0 Å². The average Bonchev–Trinajstić information content (AvgIpc) is 3.25.